The summed E-state index contributed by atoms with van der Waals surface area (Å²) < 4.78 is 6.17. The molecule has 3 nitrogen and oxygen atoms in total. The molecule has 2 unspecified atom stereocenters. The molecule has 1 aromatic carbocycles. The first-order valence-corrected chi connectivity index (χ1v) is 7.01. The minimum atomic E-state index is -0.171. The third-order valence-corrected chi connectivity index (χ3v) is 3.46. The molecule has 0 saturated heterocycles. The molecule has 20 heavy (non-hydrogen) atoms. The molecule has 106 valence electrons. The third-order valence-electron chi connectivity index (χ3n) is 3.46. The summed E-state index contributed by atoms with van der Waals surface area (Å²) in [4.78, 5) is 4.16. The van der Waals surface area contributed by atoms with Gasteiger partial charge in [0.15, 0.2) is 0 Å². The van der Waals surface area contributed by atoms with Crippen LogP contribution in [-0.4, -0.2) is 11.0 Å². The zero-order valence-electron chi connectivity index (χ0n) is 12.3. The van der Waals surface area contributed by atoms with Crippen LogP contribution in [0.25, 0.3) is 0 Å². The third kappa shape index (κ3) is 3.36. The number of hydrogen-bond donors (Lipinski definition) is 1. The normalized spacial score (nSPS) is 13.8. The van der Waals surface area contributed by atoms with Gasteiger partial charge in [0, 0.05) is 24.0 Å². The lowest BCUT2D eigenvalue weighted by Gasteiger charge is -2.25. The Labute approximate surface area is 120 Å². The number of rotatable bonds is 5. The average molecular weight is 270 g/mol. The molecule has 0 aliphatic heterocycles. The fourth-order valence-electron chi connectivity index (χ4n) is 2.23. The molecule has 2 N–H and O–H groups in total. The van der Waals surface area contributed by atoms with Crippen molar-refractivity contribution in [3.63, 3.8) is 0 Å². The van der Waals surface area contributed by atoms with Crippen LogP contribution in [0.5, 0.6) is 5.75 Å². The van der Waals surface area contributed by atoms with E-state index in [0.717, 1.165) is 23.3 Å². The zero-order valence-corrected chi connectivity index (χ0v) is 12.3. The number of hydrogen-bond acceptors (Lipinski definition) is 3. The minimum Gasteiger partial charge on any atom is -0.484 e. The van der Waals surface area contributed by atoms with Crippen molar-refractivity contribution in [2.24, 2.45) is 5.73 Å². The van der Waals surface area contributed by atoms with Gasteiger partial charge in [0.25, 0.3) is 0 Å². The van der Waals surface area contributed by atoms with Gasteiger partial charge in [-0.25, -0.2) is 0 Å². The highest BCUT2D eigenvalue weighted by Gasteiger charge is 2.21. The predicted molar refractivity (Wildman–Crippen MR) is 81.8 cm³/mol. The summed E-state index contributed by atoms with van der Waals surface area (Å²) in [5, 5.41) is 0. The van der Waals surface area contributed by atoms with E-state index in [9.17, 15) is 0 Å². The molecule has 0 amide bonds. The van der Waals surface area contributed by atoms with E-state index in [1.807, 2.05) is 24.4 Å². The molecule has 1 aromatic heterocycles. The molecule has 0 radical (unpaired) electrons. The zero-order chi connectivity index (χ0) is 14.5. The maximum absolute atomic E-state index is 6.22. The Morgan fingerprint density at radius 3 is 2.65 bits per heavy atom. The monoisotopic (exact) mass is 270 g/mol. The largest absolute Gasteiger partial charge is 0.484 e. The second-order valence-electron chi connectivity index (χ2n) is 5.17. The Morgan fingerprint density at radius 1 is 1.25 bits per heavy atom. The summed E-state index contributed by atoms with van der Waals surface area (Å²) in [6.45, 7) is 6.20. The fraction of sp³-hybridized carbons (Fsp3) is 0.353. The van der Waals surface area contributed by atoms with E-state index >= 15 is 0 Å². The number of nitrogens with two attached hydrogens (primary N) is 1. The highest BCUT2D eigenvalue weighted by atomic mass is 16.5. The second-order valence-corrected chi connectivity index (χ2v) is 5.17. The number of aromatic nitrogens is 1. The van der Waals surface area contributed by atoms with Crippen LogP contribution in [0, 0.1) is 13.8 Å². The lowest BCUT2D eigenvalue weighted by Crippen LogP contribution is -2.31. The maximum Gasteiger partial charge on any atom is 0.140 e. The van der Waals surface area contributed by atoms with E-state index in [2.05, 4.69) is 37.9 Å². The molecule has 0 aliphatic rings. The topological polar surface area (TPSA) is 48.1 Å². The predicted octanol–water partition coefficient (Wildman–Crippen LogP) is 3.56. The van der Waals surface area contributed by atoms with Crippen LogP contribution in [-0.2, 0) is 0 Å². The van der Waals surface area contributed by atoms with Crippen molar-refractivity contribution in [2.75, 3.05) is 0 Å². The molecule has 0 saturated carbocycles. The number of nitrogens with zero attached hydrogens (tertiary/aromatic N) is 1. The van der Waals surface area contributed by atoms with Gasteiger partial charge in [0.2, 0.25) is 0 Å². The average Bonchev–Trinajstić information content (AvgIpc) is 2.46. The Morgan fingerprint density at radius 2 is 2.05 bits per heavy atom. The Kier molecular flexibility index (Phi) is 4.74. The van der Waals surface area contributed by atoms with Crippen LogP contribution >= 0.6 is 0 Å². The lowest BCUT2D eigenvalue weighted by molar-refractivity contribution is 0.169. The molecule has 2 rings (SSSR count). The van der Waals surface area contributed by atoms with Crippen molar-refractivity contribution < 1.29 is 4.74 Å². The SMILES string of the molecule is CCC(N)C(Oc1ccc(C)cc1C)c1cccnc1. The maximum atomic E-state index is 6.22. The molecule has 3 heteroatoms. The molecule has 2 atom stereocenters. The molecule has 0 spiro atoms. The molecule has 1 heterocycles. The van der Waals surface area contributed by atoms with Crippen LogP contribution in [0.1, 0.15) is 36.1 Å². The number of ether oxygens (including phenoxy) is 1. The van der Waals surface area contributed by atoms with Crippen molar-refractivity contribution in [3.05, 3.63) is 59.4 Å². The van der Waals surface area contributed by atoms with Gasteiger partial charge >= 0.3 is 0 Å². The van der Waals surface area contributed by atoms with Gasteiger partial charge < -0.3 is 10.5 Å². The summed E-state index contributed by atoms with van der Waals surface area (Å²) >= 11 is 0. The van der Waals surface area contributed by atoms with Crippen molar-refractivity contribution in [1.29, 1.82) is 0 Å². The van der Waals surface area contributed by atoms with E-state index < -0.39 is 0 Å². The summed E-state index contributed by atoms with van der Waals surface area (Å²) in [6.07, 6.45) is 4.26. The van der Waals surface area contributed by atoms with Crippen LogP contribution in [0.15, 0.2) is 42.7 Å². The standard InChI is InChI=1S/C17H22N2O/c1-4-15(18)17(14-6-5-9-19-11-14)20-16-8-7-12(2)10-13(16)3/h5-11,15,17H,4,18H2,1-3H3. The first kappa shape index (κ1) is 14.5. The van der Waals surface area contributed by atoms with Gasteiger partial charge in [0.05, 0.1) is 0 Å². The minimum absolute atomic E-state index is 0.0556. The second kappa shape index (κ2) is 6.53. The van der Waals surface area contributed by atoms with Gasteiger partial charge in [-0.05, 0) is 38.0 Å². The van der Waals surface area contributed by atoms with E-state index in [0.29, 0.717) is 0 Å². The number of aryl methyl sites for hydroxylation is 2. The molecule has 0 bridgehead atoms. The van der Waals surface area contributed by atoms with Crippen LogP contribution < -0.4 is 10.5 Å². The van der Waals surface area contributed by atoms with Gasteiger partial charge in [-0.3, -0.25) is 4.98 Å². The first-order valence-electron chi connectivity index (χ1n) is 7.01. The van der Waals surface area contributed by atoms with E-state index in [4.69, 9.17) is 10.5 Å². The molecule has 2 aromatic rings. The van der Waals surface area contributed by atoms with E-state index in [1.54, 1.807) is 6.20 Å². The Bertz CT molecular complexity index is 554. The van der Waals surface area contributed by atoms with Crippen molar-refractivity contribution in [1.82, 2.24) is 4.98 Å². The first-order chi connectivity index (χ1) is 9.61. The lowest BCUT2D eigenvalue weighted by atomic mass is 10.0. The summed E-state index contributed by atoms with van der Waals surface area (Å²) in [7, 11) is 0. The Balaban J connectivity index is 2.29. The summed E-state index contributed by atoms with van der Waals surface area (Å²) in [5.41, 5.74) is 9.60. The summed E-state index contributed by atoms with van der Waals surface area (Å²) in [6, 6.07) is 10.1. The molecular weight excluding hydrogens is 248 g/mol. The quantitative estimate of drug-likeness (QED) is 0.903. The van der Waals surface area contributed by atoms with Gasteiger partial charge in [-0.1, -0.05) is 30.7 Å². The highest BCUT2D eigenvalue weighted by molar-refractivity contribution is 5.36. The molecule has 0 fully saturated rings. The number of benzene rings is 1. The molecule has 0 aliphatic carbocycles. The van der Waals surface area contributed by atoms with E-state index in [-0.39, 0.29) is 12.1 Å². The van der Waals surface area contributed by atoms with Crippen molar-refractivity contribution >= 4 is 0 Å². The fourth-order valence-corrected chi connectivity index (χ4v) is 2.23. The van der Waals surface area contributed by atoms with Crippen molar-refractivity contribution in [3.8, 4) is 5.75 Å². The van der Waals surface area contributed by atoms with E-state index in [1.165, 1.54) is 5.56 Å². The van der Waals surface area contributed by atoms with Gasteiger partial charge in [0.1, 0.15) is 11.9 Å². The summed E-state index contributed by atoms with van der Waals surface area (Å²) in [5.74, 6) is 0.883. The number of pyridine rings is 1. The van der Waals surface area contributed by atoms with Gasteiger partial charge in [-0.15, -0.1) is 0 Å². The van der Waals surface area contributed by atoms with Crippen LogP contribution in [0.3, 0.4) is 0 Å². The molecular formula is C17H22N2O. The highest BCUT2D eigenvalue weighted by Crippen LogP contribution is 2.28. The Hall–Kier alpha value is -1.87. The van der Waals surface area contributed by atoms with Crippen molar-refractivity contribution in [2.45, 2.75) is 39.3 Å². The van der Waals surface area contributed by atoms with Crippen LogP contribution in [0.4, 0.5) is 0 Å². The van der Waals surface area contributed by atoms with Crippen LogP contribution in [0.2, 0.25) is 0 Å². The smallest absolute Gasteiger partial charge is 0.140 e. The van der Waals surface area contributed by atoms with Gasteiger partial charge in [-0.2, -0.15) is 0 Å².